The van der Waals surface area contributed by atoms with E-state index in [9.17, 15) is 4.79 Å². The second-order valence-electron chi connectivity index (χ2n) is 17.4. The molecule has 8 aromatic rings. The zero-order valence-electron chi connectivity index (χ0n) is 40.1. The van der Waals surface area contributed by atoms with E-state index < -0.39 is 0 Å². The first-order chi connectivity index (χ1) is 36.1. The highest BCUT2D eigenvalue weighted by molar-refractivity contribution is 6.06. The third-order valence-corrected chi connectivity index (χ3v) is 12.6. The minimum absolute atomic E-state index is 0.249. The molecule has 364 valence electrons. The predicted octanol–water partition coefficient (Wildman–Crippen LogP) is 12.4. The van der Waals surface area contributed by atoms with Crippen LogP contribution < -0.4 is 14.8 Å². The molecule has 0 atom stereocenters. The Kier molecular flexibility index (Phi) is 14.4. The summed E-state index contributed by atoms with van der Waals surface area (Å²) in [6, 6.07) is 52.6. The van der Waals surface area contributed by atoms with E-state index in [2.05, 4.69) is 112 Å². The van der Waals surface area contributed by atoms with Gasteiger partial charge >= 0.3 is 0 Å². The molecule has 3 aromatic heterocycles. The van der Waals surface area contributed by atoms with Gasteiger partial charge in [0.25, 0.3) is 5.91 Å². The molecule has 12 nitrogen and oxygen atoms in total. The number of anilines is 1. The van der Waals surface area contributed by atoms with Gasteiger partial charge in [-0.3, -0.25) is 4.79 Å². The number of hydrogen-bond donors (Lipinski definition) is 3. The van der Waals surface area contributed by atoms with E-state index in [1.54, 1.807) is 18.2 Å². The Morgan fingerprint density at radius 2 is 0.767 bits per heavy atom. The number of carbonyl (C=O) groups is 1. The number of rotatable bonds is 6. The maximum Gasteiger partial charge on any atom is 0.255 e. The molecule has 3 aliphatic heterocycles. The van der Waals surface area contributed by atoms with Crippen molar-refractivity contribution >= 4 is 58.0 Å². The van der Waals surface area contributed by atoms with Crippen molar-refractivity contribution in [3.8, 4) is 56.0 Å². The fourth-order valence-corrected chi connectivity index (χ4v) is 9.25. The van der Waals surface area contributed by atoms with Crippen molar-refractivity contribution in [2.45, 2.75) is 0 Å². The van der Waals surface area contributed by atoms with Crippen LogP contribution in [0.4, 0.5) is 5.69 Å². The van der Waals surface area contributed by atoms with Crippen molar-refractivity contribution < 1.29 is 33.2 Å². The number of amides is 1. The molecule has 0 fully saturated rings. The average molecular weight is 968 g/mol. The normalized spacial score (nSPS) is 14.5. The van der Waals surface area contributed by atoms with Gasteiger partial charge in [-0.1, -0.05) is 103 Å². The molecule has 0 unspecified atom stereocenters. The van der Waals surface area contributed by atoms with Crippen LogP contribution in [-0.4, -0.2) is 91.9 Å². The number of hydrogen-bond acceptors (Lipinski definition) is 9. The van der Waals surface area contributed by atoms with Gasteiger partial charge in [0.05, 0.1) is 75.6 Å². The van der Waals surface area contributed by atoms with Crippen molar-refractivity contribution in [3.05, 3.63) is 186 Å². The molecule has 12 heteroatoms. The first-order valence-corrected chi connectivity index (χ1v) is 24.6. The third-order valence-electron chi connectivity index (χ3n) is 12.6. The second kappa shape index (κ2) is 22.4. The van der Waals surface area contributed by atoms with E-state index in [0.29, 0.717) is 82.2 Å². The Hall–Kier alpha value is -8.39. The quantitative estimate of drug-likeness (QED) is 0.148. The van der Waals surface area contributed by atoms with Crippen LogP contribution in [0.3, 0.4) is 0 Å². The molecule has 1 amide bonds. The summed E-state index contributed by atoms with van der Waals surface area (Å²) in [7, 11) is 0. The van der Waals surface area contributed by atoms with Crippen molar-refractivity contribution in [2.75, 3.05) is 71.4 Å². The molecule has 8 bridgehead atoms. The van der Waals surface area contributed by atoms with E-state index in [4.69, 9.17) is 38.4 Å². The molecule has 73 heavy (non-hydrogen) atoms. The number of nitrogens with one attached hydrogen (secondary N) is 3. The summed E-state index contributed by atoms with van der Waals surface area (Å²) in [6.45, 7) is 3.96. The lowest BCUT2D eigenvalue weighted by molar-refractivity contribution is -0.00841. The van der Waals surface area contributed by atoms with Gasteiger partial charge in [-0.05, 0) is 101 Å². The van der Waals surface area contributed by atoms with E-state index in [1.165, 1.54) is 0 Å². The highest BCUT2D eigenvalue weighted by Gasteiger charge is 2.20. The molecule has 3 N–H and O–H groups in total. The summed E-state index contributed by atoms with van der Waals surface area (Å²) in [4.78, 5) is 32.7. The summed E-state index contributed by atoms with van der Waals surface area (Å²) >= 11 is 0. The van der Waals surface area contributed by atoms with E-state index in [-0.39, 0.29) is 12.5 Å². The number of aromatic amines is 2. The van der Waals surface area contributed by atoms with Crippen LogP contribution in [0, 0.1) is 0 Å². The first-order valence-electron chi connectivity index (χ1n) is 24.6. The number of aromatic nitrogens is 4. The van der Waals surface area contributed by atoms with E-state index in [1.807, 2.05) is 66.7 Å². The topological polar surface area (TPSA) is 142 Å². The van der Waals surface area contributed by atoms with Crippen molar-refractivity contribution in [1.82, 2.24) is 19.9 Å². The SMILES string of the molecule is O=C(Nc1cccc(-c2c3nc(c(-c4ccccc4)c4ccc([nH]4)c(-c4ccccc4)c4nc(c(-c5ccccc5)c5ccc2[nH]5)C=C4)C=C3)c1)c1ccc2c(c1)OCCOCCOCCOCCOCCO2. The van der Waals surface area contributed by atoms with Crippen LogP contribution in [0.2, 0.25) is 0 Å². The number of nitrogens with zero attached hydrogens (tertiary/aromatic N) is 2. The third kappa shape index (κ3) is 10.8. The number of carbonyl (C=O) groups excluding carboxylic acids is 1. The molecular formula is C61H53N5O7. The first kappa shape index (κ1) is 47.0. The lowest BCUT2D eigenvalue weighted by Crippen LogP contribution is -2.16. The Labute approximate surface area is 422 Å². The van der Waals surface area contributed by atoms with E-state index >= 15 is 0 Å². The maximum atomic E-state index is 14.2. The molecule has 3 aliphatic rings. The molecular weight excluding hydrogens is 915 g/mol. The fraction of sp³-hybridized carbons (Fsp3) is 0.164. The van der Waals surface area contributed by atoms with Gasteiger partial charge in [-0.15, -0.1) is 0 Å². The molecule has 0 aliphatic carbocycles. The zero-order chi connectivity index (χ0) is 49.2. The summed E-state index contributed by atoms with van der Waals surface area (Å²) in [5, 5.41) is 3.15. The molecule has 5 aromatic carbocycles. The van der Waals surface area contributed by atoms with E-state index in [0.717, 1.165) is 89.4 Å². The van der Waals surface area contributed by atoms with Crippen LogP contribution in [0.25, 0.3) is 90.9 Å². The Balaban J connectivity index is 1.02. The molecule has 0 saturated carbocycles. The van der Waals surface area contributed by atoms with Crippen LogP contribution in [-0.2, 0) is 18.9 Å². The largest absolute Gasteiger partial charge is 0.487 e. The minimum atomic E-state index is -0.317. The van der Waals surface area contributed by atoms with Gasteiger partial charge in [0.15, 0.2) is 11.5 Å². The summed E-state index contributed by atoms with van der Waals surface area (Å²) in [6.07, 6.45) is 8.35. The lowest BCUT2D eigenvalue weighted by atomic mass is 10.0. The van der Waals surface area contributed by atoms with Crippen molar-refractivity contribution in [2.24, 2.45) is 0 Å². The maximum absolute atomic E-state index is 14.2. The number of fused-ring (bicyclic) bond motifs is 9. The molecule has 0 radical (unpaired) electrons. The molecule has 0 saturated heterocycles. The van der Waals surface area contributed by atoms with Gasteiger partial charge in [0.1, 0.15) is 13.2 Å². The Morgan fingerprint density at radius 1 is 0.384 bits per heavy atom. The lowest BCUT2D eigenvalue weighted by Gasteiger charge is -2.15. The summed E-state index contributed by atoms with van der Waals surface area (Å²) in [5.74, 6) is 0.597. The minimum Gasteiger partial charge on any atom is -0.487 e. The molecule has 6 heterocycles. The number of benzene rings is 5. The standard InChI is InChI=1S/C61H53N5O7/c67-61(45-19-28-55-56(40-45)73-38-36-71-34-32-69-30-29-68-31-33-70-35-37-72-55)62-46-18-10-17-44(39-46)60-53-26-24-51(65-53)58(42-13-6-2-7-14-42)49-22-20-47(63-49)57(41-11-4-1-5-12-41)48-21-23-50(64-48)59(43-15-8-3-9-16-43)52-25-27-54(60)66-52/h1-28,39-40,63,66H,29-38H2,(H,62,67). The smallest absolute Gasteiger partial charge is 0.255 e. The number of ether oxygens (including phenoxy) is 6. The van der Waals surface area contributed by atoms with Crippen LogP contribution in [0.1, 0.15) is 33.1 Å². The molecule has 11 rings (SSSR count). The highest BCUT2D eigenvalue weighted by atomic mass is 16.6. The van der Waals surface area contributed by atoms with Crippen molar-refractivity contribution in [3.63, 3.8) is 0 Å². The average Bonchev–Trinajstić information content (AvgIpc) is 4.29. The Bertz CT molecular complexity index is 3440. The van der Waals surface area contributed by atoms with Crippen LogP contribution in [0.5, 0.6) is 11.5 Å². The number of H-pyrrole nitrogens is 2. The summed E-state index contributed by atoms with van der Waals surface area (Å²) < 4.78 is 34.7. The van der Waals surface area contributed by atoms with Gasteiger partial charge in [0, 0.05) is 55.6 Å². The Morgan fingerprint density at radius 3 is 1.21 bits per heavy atom. The second-order valence-corrected chi connectivity index (χ2v) is 17.4. The highest BCUT2D eigenvalue weighted by Crippen LogP contribution is 2.39. The monoisotopic (exact) mass is 967 g/mol. The van der Waals surface area contributed by atoms with Crippen LogP contribution >= 0.6 is 0 Å². The van der Waals surface area contributed by atoms with Crippen molar-refractivity contribution in [1.29, 1.82) is 0 Å². The molecule has 0 spiro atoms. The fourth-order valence-electron chi connectivity index (χ4n) is 9.25. The van der Waals surface area contributed by atoms with Crippen LogP contribution in [0.15, 0.2) is 158 Å². The predicted molar refractivity (Wildman–Crippen MR) is 289 cm³/mol. The summed E-state index contributed by atoms with van der Waals surface area (Å²) in [5.41, 5.74) is 15.5. The van der Waals surface area contributed by atoms with Gasteiger partial charge in [-0.2, -0.15) is 0 Å². The van der Waals surface area contributed by atoms with Gasteiger partial charge in [-0.25, -0.2) is 9.97 Å². The van der Waals surface area contributed by atoms with Gasteiger partial charge in [0.2, 0.25) is 0 Å². The zero-order valence-corrected chi connectivity index (χ0v) is 40.1. The van der Waals surface area contributed by atoms with Gasteiger partial charge < -0.3 is 43.7 Å².